The van der Waals surface area contributed by atoms with Crippen molar-refractivity contribution in [3.8, 4) is 11.1 Å². The average molecular weight is 460 g/mol. The van der Waals surface area contributed by atoms with Gasteiger partial charge in [0.2, 0.25) is 5.91 Å². The largest absolute Gasteiger partial charge is 0.480 e. The molecule has 0 bridgehead atoms. The van der Waals surface area contributed by atoms with Gasteiger partial charge < -0.3 is 20.5 Å². The molecule has 1 aromatic heterocycles. The van der Waals surface area contributed by atoms with Gasteiger partial charge in [0.25, 0.3) is 0 Å². The molecule has 3 N–H and O–H groups in total. The molecule has 9 nitrogen and oxygen atoms in total. The summed E-state index contributed by atoms with van der Waals surface area (Å²) in [4.78, 5) is 37.3. The zero-order chi connectivity index (χ0) is 23.9. The first-order valence-corrected chi connectivity index (χ1v) is 11.0. The molecule has 1 saturated carbocycles. The molecule has 0 spiro atoms. The van der Waals surface area contributed by atoms with Crippen LogP contribution in [-0.4, -0.2) is 45.0 Å². The van der Waals surface area contributed by atoms with Crippen molar-refractivity contribution in [3.05, 3.63) is 77.6 Å². The number of fused-ring (bicyclic) bond motifs is 3. The average Bonchev–Trinajstić information content (AvgIpc) is 3.39. The Balaban J connectivity index is 1.31. The van der Waals surface area contributed by atoms with Gasteiger partial charge in [-0.05, 0) is 41.2 Å². The van der Waals surface area contributed by atoms with Crippen molar-refractivity contribution in [2.75, 3.05) is 6.61 Å². The van der Waals surface area contributed by atoms with Crippen molar-refractivity contribution in [2.45, 2.75) is 30.3 Å². The number of amides is 2. The lowest BCUT2D eigenvalue weighted by Crippen LogP contribution is -2.49. The summed E-state index contributed by atoms with van der Waals surface area (Å²) in [6, 6.07) is 16.4. The number of nitrogens with one attached hydrogen (secondary N) is 2. The van der Waals surface area contributed by atoms with E-state index in [4.69, 9.17) is 4.74 Å². The molecule has 1 unspecified atom stereocenters. The molecule has 3 aromatic rings. The minimum absolute atomic E-state index is 0.0959. The number of nitrogens with zero attached hydrogens (tertiary/aromatic N) is 2. The van der Waals surface area contributed by atoms with Crippen molar-refractivity contribution in [2.24, 2.45) is 7.05 Å². The van der Waals surface area contributed by atoms with Gasteiger partial charge in [0.15, 0.2) is 6.04 Å². The second-order valence-electron chi connectivity index (χ2n) is 8.66. The summed E-state index contributed by atoms with van der Waals surface area (Å²) < 4.78 is 7.03. The van der Waals surface area contributed by atoms with Gasteiger partial charge in [-0.3, -0.25) is 9.48 Å². The van der Waals surface area contributed by atoms with Gasteiger partial charge >= 0.3 is 12.1 Å². The number of benzene rings is 2. The van der Waals surface area contributed by atoms with Gasteiger partial charge in [0.05, 0.1) is 5.69 Å². The highest BCUT2D eigenvalue weighted by Crippen LogP contribution is 2.44. The monoisotopic (exact) mass is 460 g/mol. The molecule has 2 aliphatic carbocycles. The van der Waals surface area contributed by atoms with Crippen molar-refractivity contribution in [3.63, 3.8) is 0 Å². The number of carbonyl (C=O) groups is 3. The van der Waals surface area contributed by atoms with Gasteiger partial charge in [0, 0.05) is 19.2 Å². The molecule has 1 atom stereocenters. The number of aromatic nitrogens is 2. The fourth-order valence-electron chi connectivity index (χ4n) is 4.52. The molecule has 9 heteroatoms. The van der Waals surface area contributed by atoms with E-state index >= 15 is 0 Å². The Labute approximate surface area is 195 Å². The third-order valence-electron chi connectivity index (χ3n) is 6.54. The van der Waals surface area contributed by atoms with Crippen LogP contribution in [0.15, 0.2) is 60.8 Å². The highest BCUT2D eigenvalue weighted by atomic mass is 16.5. The van der Waals surface area contributed by atoms with Crippen LogP contribution in [0.25, 0.3) is 11.1 Å². The van der Waals surface area contributed by atoms with E-state index in [1.54, 1.807) is 13.1 Å². The van der Waals surface area contributed by atoms with Crippen LogP contribution in [0.1, 0.15) is 41.6 Å². The standard InChI is InChI=1S/C25H24N4O5/c1-29-20(10-13-26-29)21(22(30)28-25(11-12-25)23(31)32)27-24(33)34-14-19-17-8-4-2-6-15(17)16-7-3-5-9-18(16)19/h2-10,13,19,21H,11-12,14H2,1H3,(H,27,33)(H,28,30)(H,31,32). The molecular weight excluding hydrogens is 436 g/mol. The number of carboxylic acids is 1. The van der Waals surface area contributed by atoms with E-state index in [2.05, 4.69) is 15.7 Å². The molecule has 1 heterocycles. The summed E-state index contributed by atoms with van der Waals surface area (Å²) in [5.74, 6) is -1.84. The van der Waals surface area contributed by atoms with Crippen molar-refractivity contribution < 1.29 is 24.2 Å². The van der Waals surface area contributed by atoms with E-state index in [0.29, 0.717) is 18.5 Å². The Bertz CT molecular complexity index is 1230. The highest BCUT2D eigenvalue weighted by Gasteiger charge is 2.52. The smallest absolute Gasteiger partial charge is 0.408 e. The zero-order valence-electron chi connectivity index (χ0n) is 18.5. The number of carboxylic acid groups (broad SMARTS) is 1. The maximum Gasteiger partial charge on any atom is 0.408 e. The minimum Gasteiger partial charge on any atom is -0.480 e. The number of hydrogen-bond acceptors (Lipinski definition) is 5. The Morgan fingerprint density at radius 3 is 2.24 bits per heavy atom. The third-order valence-corrected chi connectivity index (χ3v) is 6.54. The first-order valence-electron chi connectivity index (χ1n) is 11.0. The quantitative estimate of drug-likeness (QED) is 0.498. The second kappa shape index (κ2) is 8.33. The molecule has 0 aliphatic heterocycles. The Hall–Kier alpha value is -4.14. The lowest BCUT2D eigenvalue weighted by molar-refractivity contribution is -0.143. The van der Waals surface area contributed by atoms with Crippen LogP contribution in [0.3, 0.4) is 0 Å². The van der Waals surface area contributed by atoms with Crippen molar-refractivity contribution >= 4 is 18.0 Å². The number of aliphatic carboxylic acids is 1. The van der Waals surface area contributed by atoms with Gasteiger partial charge in [-0.2, -0.15) is 5.10 Å². The number of aryl methyl sites for hydroxylation is 1. The van der Waals surface area contributed by atoms with Crippen LogP contribution >= 0.6 is 0 Å². The molecule has 34 heavy (non-hydrogen) atoms. The first-order chi connectivity index (χ1) is 16.4. The first kappa shape index (κ1) is 21.7. The van der Waals surface area contributed by atoms with E-state index in [-0.39, 0.29) is 12.5 Å². The summed E-state index contributed by atoms with van der Waals surface area (Å²) in [6.07, 6.45) is 1.41. The van der Waals surface area contributed by atoms with Crippen LogP contribution in [0.4, 0.5) is 4.79 Å². The Morgan fingerprint density at radius 1 is 1.09 bits per heavy atom. The van der Waals surface area contributed by atoms with E-state index in [9.17, 15) is 19.5 Å². The van der Waals surface area contributed by atoms with Crippen LogP contribution < -0.4 is 10.6 Å². The normalized spacial score (nSPS) is 16.1. The molecule has 2 amide bonds. The molecule has 5 rings (SSSR count). The van der Waals surface area contributed by atoms with E-state index in [1.165, 1.54) is 10.9 Å². The number of alkyl carbamates (subject to hydrolysis) is 1. The molecular formula is C25H24N4O5. The van der Waals surface area contributed by atoms with Crippen LogP contribution in [0.5, 0.6) is 0 Å². The SMILES string of the molecule is Cn1nccc1C(NC(=O)OCC1c2ccccc2-c2ccccc21)C(=O)NC1(C(=O)O)CC1. The van der Waals surface area contributed by atoms with Gasteiger partial charge in [0.1, 0.15) is 12.1 Å². The summed E-state index contributed by atoms with van der Waals surface area (Å²) in [7, 11) is 1.64. The zero-order valence-corrected chi connectivity index (χ0v) is 18.5. The predicted octanol–water partition coefficient (Wildman–Crippen LogP) is 2.73. The number of rotatable bonds is 7. The molecule has 0 radical (unpaired) electrons. The van der Waals surface area contributed by atoms with Gasteiger partial charge in [-0.1, -0.05) is 48.5 Å². The fourth-order valence-corrected chi connectivity index (χ4v) is 4.52. The Morgan fingerprint density at radius 2 is 1.71 bits per heavy atom. The van der Waals surface area contributed by atoms with Crippen LogP contribution in [-0.2, 0) is 21.4 Å². The topological polar surface area (TPSA) is 123 Å². The van der Waals surface area contributed by atoms with E-state index in [1.807, 2.05) is 48.5 Å². The lowest BCUT2D eigenvalue weighted by Gasteiger charge is -2.22. The third kappa shape index (κ3) is 3.79. The predicted molar refractivity (Wildman–Crippen MR) is 122 cm³/mol. The molecule has 1 fully saturated rings. The maximum atomic E-state index is 13.0. The fraction of sp³-hybridized carbons (Fsp3) is 0.280. The molecule has 2 aliphatic rings. The Kier molecular flexibility index (Phi) is 5.31. The summed E-state index contributed by atoms with van der Waals surface area (Å²) in [5, 5.41) is 18.6. The van der Waals surface area contributed by atoms with Crippen LogP contribution in [0, 0.1) is 0 Å². The van der Waals surface area contributed by atoms with Crippen molar-refractivity contribution in [1.82, 2.24) is 20.4 Å². The molecule has 0 saturated heterocycles. The van der Waals surface area contributed by atoms with Gasteiger partial charge in [-0.25, -0.2) is 9.59 Å². The second-order valence-corrected chi connectivity index (χ2v) is 8.66. The lowest BCUT2D eigenvalue weighted by atomic mass is 9.98. The molecule has 2 aromatic carbocycles. The van der Waals surface area contributed by atoms with E-state index < -0.39 is 29.6 Å². The van der Waals surface area contributed by atoms with Crippen LogP contribution in [0.2, 0.25) is 0 Å². The minimum atomic E-state index is -1.28. The summed E-state index contributed by atoms with van der Waals surface area (Å²) in [6.45, 7) is 0.0959. The number of carbonyl (C=O) groups excluding carboxylic acids is 2. The maximum absolute atomic E-state index is 13.0. The highest BCUT2D eigenvalue weighted by molar-refractivity contribution is 5.93. The number of ether oxygens (including phenoxy) is 1. The van der Waals surface area contributed by atoms with Gasteiger partial charge in [-0.15, -0.1) is 0 Å². The number of hydrogen-bond donors (Lipinski definition) is 3. The molecule has 174 valence electrons. The summed E-state index contributed by atoms with van der Waals surface area (Å²) >= 11 is 0. The van der Waals surface area contributed by atoms with E-state index in [0.717, 1.165) is 22.3 Å². The summed E-state index contributed by atoms with van der Waals surface area (Å²) in [5.41, 5.74) is 3.51. The van der Waals surface area contributed by atoms with Crippen molar-refractivity contribution in [1.29, 1.82) is 0 Å².